The summed E-state index contributed by atoms with van der Waals surface area (Å²) >= 11 is 0. The van der Waals surface area contributed by atoms with Crippen LogP contribution in [-0.4, -0.2) is 30.8 Å². The second-order valence-electron chi connectivity index (χ2n) is 5.40. The third kappa shape index (κ3) is 5.56. The van der Waals surface area contributed by atoms with Crippen LogP contribution in [0.1, 0.15) is 22.8 Å². The Hall–Kier alpha value is -3.36. The second kappa shape index (κ2) is 8.35. The molecule has 0 atom stereocenters. The first kappa shape index (κ1) is 20.0. The van der Waals surface area contributed by atoms with Crippen LogP contribution in [0.4, 0.5) is 18.9 Å². The second-order valence-corrected chi connectivity index (χ2v) is 5.40. The highest BCUT2D eigenvalue weighted by Gasteiger charge is 2.38. The van der Waals surface area contributed by atoms with Gasteiger partial charge in [-0.2, -0.15) is 18.3 Å². The minimum absolute atomic E-state index is 0.00529. The van der Waals surface area contributed by atoms with E-state index >= 15 is 0 Å². The zero-order valence-electron chi connectivity index (χ0n) is 14.4. The topological polar surface area (TPSA) is 79.8 Å². The zero-order chi connectivity index (χ0) is 20.0. The lowest BCUT2D eigenvalue weighted by molar-refractivity contribution is -0.167. The van der Waals surface area contributed by atoms with E-state index in [1.165, 1.54) is 31.4 Å². The molecule has 2 aromatic rings. The molecule has 2 N–H and O–H groups in total. The van der Waals surface area contributed by atoms with Crippen molar-refractivity contribution in [2.75, 3.05) is 12.4 Å². The van der Waals surface area contributed by atoms with Crippen molar-refractivity contribution in [3.8, 4) is 5.75 Å². The van der Waals surface area contributed by atoms with Crippen molar-refractivity contribution in [2.24, 2.45) is 5.10 Å². The minimum Gasteiger partial charge on any atom is -0.497 e. The Morgan fingerprint density at radius 1 is 1.04 bits per heavy atom. The molecule has 142 valence electrons. The highest BCUT2D eigenvalue weighted by Crippen LogP contribution is 2.18. The average Bonchev–Trinajstić information content (AvgIpc) is 2.65. The molecular weight excluding hydrogens is 363 g/mol. The molecule has 2 rings (SSSR count). The van der Waals surface area contributed by atoms with Gasteiger partial charge in [0.05, 0.1) is 12.8 Å². The van der Waals surface area contributed by atoms with Crippen molar-refractivity contribution in [3.63, 3.8) is 0 Å². The number of ether oxygens (including phenoxy) is 1. The fraction of sp³-hybridized carbons (Fsp3) is 0.167. The molecule has 27 heavy (non-hydrogen) atoms. The van der Waals surface area contributed by atoms with Gasteiger partial charge in [0.25, 0.3) is 5.91 Å². The SMILES string of the molecule is COc1cccc(C(=O)N/N=C(/C)c2ccc(NC(=O)C(F)(F)F)cc2)c1. The van der Waals surface area contributed by atoms with E-state index in [0.717, 1.165) is 0 Å². The Morgan fingerprint density at radius 3 is 2.30 bits per heavy atom. The van der Waals surface area contributed by atoms with Gasteiger partial charge in [0, 0.05) is 11.3 Å². The van der Waals surface area contributed by atoms with E-state index in [4.69, 9.17) is 4.74 Å². The van der Waals surface area contributed by atoms with Crippen LogP contribution in [-0.2, 0) is 4.79 Å². The van der Waals surface area contributed by atoms with Crippen LogP contribution in [0.5, 0.6) is 5.75 Å². The molecule has 0 aliphatic carbocycles. The number of anilines is 1. The van der Waals surface area contributed by atoms with Crippen molar-refractivity contribution in [1.82, 2.24) is 5.43 Å². The molecule has 0 saturated heterocycles. The Bertz CT molecular complexity index is 862. The monoisotopic (exact) mass is 379 g/mol. The molecule has 0 heterocycles. The number of methoxy groups -OCH3 is 1. The molecule has 0 saturated carbocycles. The number of carbonyl (C=O) groups is 2. The van der Waals surface area contributed by atoms with Gasteiger partial charge in [-0.25, -0.2) is 5.43 Å². The highest BCUT2D eigenvalue weighted by atomic mass is 19.4. The largest absolute Gasteiger partial charge is 0.497 e. The van der Waals surface area contributed by atoms with E-state index in [9.17, 15) is 22.8 Å². The fourth-order valence-electron chi connectivity index (χ4n) is 2.02. The zero-order valence-corrected chi connectivity index (χ0v) is 14.4. The number of halogens is 3. The van der Waals surface area contributed by atoms with Crippen molar-refractivity contribution in [2.45, 2.75) is 13.1 Å². The average molecular weight is 379 g/mol. The molecule has 0 unspecified atom stereocenters. The minimum atomic E-state index is -4.96. The van der Waals surface area contributed by atoms with Crippen LogP contribution in [0.3, 0.4) is 0 Å². The maximum atomic E-state index is 12.2. The number of alkyl halides is 3. The van der Waals surface area contributed by atoms with E-state index in [0.29, 0.717) is 22.6 Å². The first-order valence-electron chi connectivity index (χ1n) is 7.68. The lowest BCUT2D eigenvalue weighted by atomic mass is 10.1. The predicted molar refractivity (Wildman–Crippen MR) is 93.8 cm³/mol. The molecule has 6 nitrogen and oxygen atoms in total. The van der Waals surface area contributed by atoms with Crippen molar-refractivity contribution >= 4 is 23.2 Å². The molecule has 9 heteroatoms. The number of hydrazone groups is 1. The van der Waals surface area contributed by atoms with Gasteiger partial charge in [-0.15, -0.1) is 0 Å². The fourth-order valence-corrected chi connectivity index (χ4v) is 2.02. The van der Waals surface area contributed by atoms with E-state index in [1.54, 1.807) is 36.5 Å². The summed E-state index contributed by atoms with van der Waals surface area (Å²) in [4.78, 5) is 23.0. The van der Waals surface area contributed by atoms with Crippen molar-refractivity contribution in [3.05, 3.63) is 59.7 Å². The predicted octanol–water partition coefficient (Wildman–Crippen LogP) is 3.35. The number of amides is 2. The summed E-state index contributed by atoms with van der Waals surface area (Å²) in [6, 6.07) is 12.1. The molecule has 0 fully saturated rings. The molecule has 2 amide bonds. The molecular formula is C18H16F3N3O3. The number of hydrogen-bond donors (Lipinski definition) is 2. The molecule has 0 bridgehead atoms. The third-order valence-corrected chi connectivity index (χ3v) is 3.48. The van der Waals surface area contributed by atoms with Crippen LogP contribution in [0.25, 0.3) is 0 Å². The molecule has 0 aliphatic rings. The number of rotatable bonds is 5. The number of nitrogens with zero attached hydrogens (tertiary/aromatic N) is 1. The van der Waals surface area contributed by atoms with Gasteiger partial charge in [0.15, 0.2) is 0 Å². The Balaban J connectivity index is 2.03. The van der Waals surface area contributed by atoms with Crippen molar-refractivity contribution < 1.29 is 27.5 Å². The van der Waals surface area contributed by atoms with Crippen LogP contribution in [0, 0.1) is 0 Å². The van der Waals surface area contributed by atoms with Gasteiger partial charge in [0.1, 0.15) is 5.75 Å². The van der Waals surface area contributed by atoms with Gasteiger partial charge in [0.2, 0.25) is 0 Å². The van der Waals surface area contributed by atoms with Crippen LogP contribution in [0.15, 0.2) is 53.6 Å². The lowest BCUT2D eigenvalue weighted by Gasteiger charge is -2.09. The van der Waals surface area contributed by atoms with Gasteiger partial charge in [-0.05, 0) is 42.8 Å². The first-order chi connectivity index (χ1) is 12.7. The summed E-state index contributed by atoms with van der Waals surface area (Å²) in [5.74, 6) is -1.96. The summed E-state index contributed by atoms with van der Waals surface area (Å²) in [5, 5.41) is 5.71. The third-order valence-electron chi connectivity index (χ3n) is 3.48. The summed E-state index contributed by atoms with van der Waals surface area (Å²) in [7, 11) is 1.49. The van der Waals surface area contributed by atoms with Crippen LogP contribution >= 0.6 is 0 Å². The number of nitrogens with one attached hydrogen (secondary N) is 2. The number of carbonyl (C=O) groups excluding carboxylic acids is 2. The lowest BCUT2D eigenvalue weighted by Crippen LogP contribution is -2.29. The maximum Gasteiger partial charge on any atom is 0.471 e. The normalized spacial score (nSPS) is 11.7. The Morgan fingerprint density at radius 2 is 1.70 bits per heavy atom. The maximum absolute atomic E-state index is 12.2. The molecule has 0 radical (unpaired) electrons. The number of hydrogen-bond acceptors (Lipinski definition) is 4. The molecule has 0 aromatic heterocycles. The molecule has 0 aliphatic heterocycles. The van der Waals surface area contributed by atoms with E-state index in [2.05, 4.69) is 10.5 Å². The molecule has 0 spiro atoms. The first-order valence-corrected chi connectivity index (χ1v) is 7.68. The summed E-state index contributed by atoms with van der Waals surface area (Å²) in [6.45, 7) is 1.62. The van der Waals surface area contributed by atoms with Gasteiger partial charge < -0.3 is 10.1 Å². The summed E-state index contributed by atoms with van der Waals surface area (Å²) < 4.78 is 41.7. The van der Waals surface area contributed by atoms with Crippen LogP contribution < -0.4 is 15.5 Å². The quantitative estimate of drug-likeness (QED) is 0.618. The summed E-state index contributed by atoms with van der Waals surface area (Å²) in [6.07, 6.45) is -4.96. The van der Waals surface area contributed by atoms with E-state index < -0.39 is 18.0 Å². The van der Waals surface area contributed by atoms with Gasteiger partial charge >= 0.3 is 12.1 Å². The van der Waals surface area contributed by atoms with Crippen LogP contribution in [0.2, 0.25) is 0 Å². The standard InChI is InChI=1S/C18H16F3N3O3/c1-11(23-24-16(25)13-4-3-5-15(10-13)27-2)12-6-8-14(9-7-12)22-17(26)18(19,20)21/h3-10H,1-2H3,(H,22,26)(H,24,25)/b23-11-. The summed E-state index contributed by atoms with van der Waals surface area (Å²) in [5.41, 5.74) is 3.73. The Labute approximate surface area is 153 Å². The number of benzene rings is 2. The van der Waals surface area contributed by atoms with Gasteiger partial charge in [-0.1, -0.05) is 18.2 Å². The van der Waals surface area contributed by atoms with E-state index in [-0.39, 0.29) is 5.69 Å². The molecule has 2 aromatic carbocycles. The van der Waals surface area contributed by atoms with E-state index in [1.807, 2.05) is 0 Å². The highest BCUT2D eigenvalue weighted by molar-refractivity contribution is 6.01. The van der Waals surface area contributed by atoms with Gasteiger partial charge in [-0.3, -0.25) is 9.59 Å². The smallest absolute Gasteiger partial charge is 0.471 e. The Kier molecular flexibility index (Phi) is 6.17. The van der Waals surface area contributed by atoms with Crippen molar-refractivity contribution in [1.29, 1.82) is 0 Å².